The number of H-pyrrole nitrogens is 1. The molecule has 3 aromatic rings. The third-order valence-corrected chi connectivity index (χ3v) is 7.23. The van der Waals surface area contributed by atoms with Gasteiger partial charge in [0, 0.05) is 30.3 Å². The van der Waals surface area contributed by atoms with Crippen molar-refractivity contribution in [2.45, 2.75) is 24.7 Å². The molecule has 1 aliphatic rings. The molecule has 2 heterocycles. The van der Waals surface area contributed by atoms with E-state index in [-0.39, 0.29) is 31.8 Å². The molecular formula is C21H21F2N5O3S. The van der Waals surface area contributed by atoms with Crippen molar-refractivity contribution in [1.82, 2.24) is 19.5 Å². The van der Waals surface area contributed by atoms with Crippen LogP contribution in [0.25, 0.3) is 11.4 Å². The highest BCUT2D eigenvalue weighted by atomic mass is 32.2. The summed E-state index contributed by atoms with van der Waals surface area (Å²) in [5.74, 6) is -1.29. The van der Waals surface area contributed by atoms with Gasteiger partial charge in [-0.1, -0.05) is 12.1 Å². The van der Waals surface area contributed by atoms with Crippen molar-refractivity contribution < 1.29 is 22.0 Å². The van der Waals surface area contributed by atoms with Crippen molar-refractivity contribution in [2.75, 3.05) is 18.4 Å². The maximum atomic E-state index is 14.0. The van der Waals surface area contributed by atoms with Gasteiger partial charge in [-0.05, 0) is 50.1 Å². The standard InChI is InChI=1S/C21H21F2N5O3S/c1-13-24-20(27-26-13)15-3-2-4-17(11-15)25-21(29)14-7-9-28(10-8-14)32(30,31)19-12-16(22)5-6-18(19)23/h2-6,11-12,14H,7-10H2,1H3,(H,25,29)(H,24,26,27). The molecule has 32 heavy (non-hydrogen) atoms. The quantitative estimate of drug-likeness (QED) is 0.607. The number of benzene rings is 2. The number of aromatic nitrogens is 3. The molecule has 4 rings (SSSR count). The van der Waals surface area contributed by atoms with Crippen LogP contribution < -0.4 is 5.32 Å². The third-order valence-electron chi connectivity index (χ3n) is 5.32. The van der Waals surface area contributed by atoms with Gasteiger partial charge in [0.1, 0.15) is 22.4 Å². The molecule has 8 nitrogen and oxygen atoms in total. The Morgan fingerprint density at radius 3 is 2.59 bits per heavy atom. The highest BCUT2D eigenvalue weighted by Crippen LogP contribution is 2.27. The Bertz CT molecular complexity index is 1250. The fourth-order valence-electron chi connectivity index (χ4n) is 3.62. The maximum Gasteiger partial charge on any atom is 0.246 e. The molecule has 0 radical (unpaired) electrons. The summed E-state index contributed by atoms with van der Waals surface area (Å²) in [5.41, 5.74) is 1.32. The molecular weight excluding hydrogens is 440 g/mol. The number of aryl methyl sites for hydroxylation is 1. The minimum atomic E-state index is -4.19. The molecule has 1 aromatic heterocycles. The first-order chi connectivity index (χ1) is 15.2. The number of piperidine rings is 1. The molecule has 0 atom stereocenters. The summed E-state index contributed by atoms with van der Waals surface area (Å²) in [7, 11) is -4.19. The summed E-state index contributed by atoms with van der Waals surface area (Å²) < 4.78 is 53.9. The molecule has 2 aromatic carbocycles. The lowest BCUT2D eigenvalue weighted by atomic mass is 9.97. The van der Waals surface area contributed by atoms with Crippen LogP contribution in [-0.2, 0) is 14.8 Å². The van der Waals surface area contributed by atoms with Crippen LogP contribution in [0.1, 0.15) is 18.7 Å². The molecule has 168 valence electrons. The topological polar surface area (TPSA) is 108 Å². The summed E-state index contributed by atoms with van der Waals surface area (Å²) in [6.07, 6.45) is 0.531. The molecule has 0 spiro atoms. The SMILES string of the molecule is Cc1nc(-c2cccc(NC(=O)C3CCN(S(=O)(=O)c4cc(F)ccc4F)CC3)c2)n[nH]1. The summed E-state index contributed by atoms with van der Waals surface area (Å²) in [6, 6.07) is 9.43. The lowest BCUT2D eigenvalue weighted by Crippen LogP contribution is -2.41. The highest BCUT2D eigenvalue weighted by molar-refractivity contribution is 7.89. The number of aromatic amines is 1. The Morgan fingerprint density at radius 2 is 1.91 bits per heavy atom. The lowest BCUT2D eigenvalue weighted by Gasteiger charge is -2.30. The fourth-order valence-corrected chi connectivity index (χ4v) is 5.17. The summed E-state index contributed by atoms with van der Waals surface area (Å²) in [5, 5.41) is 9.72. The molecule has 11 heteroatoms. The molecule has 0 unspecified atom stereocenters. The predicted octanol–water partition coefficient (Wildman–Crippen LogP) is 3.10. The average molecular weight is 461 g/mol. The van der Waals surface area contributed by atoms with Crippen molar-refractivity contribution >= 4 is 21.6 Å². The van der Waals surface area contributed by atoms with Crippen LogP contribution in [-0.4, -0.2) is 46.9 Å². The number of halogens is 2. The lowest BCUT2D eigenvalue weighted by molar-refractivity contribution is -0.120. The summed E-state index contributed by atoms with van der Waals surface area (Å²) >= 11 is 0. The van der Waals surface area contributed by atoms with Crippen LogP contribution >= 0.6 is 0 Å². The molecule has 0 bridgehead atoms. The zero-order chi connectivity index (χ0) is 22.9. The van der Waals surface area contributed by atoms with E-state index in [1.54, 1.807) is 25.1 Å². The Kier molecular flexibility index (Phi) is 6.02. The summed E-state index contributed by atoms with van der Waals surface area (Å²) in [6.45, 7) is 1.86. The van der Waals surface area contributed by atoms with Crippen molar-refractivity contribution in [3.8, 4) is 11.4 Å². The van der Waals surface area contributed by atoms with Gasteiger partial charge in [-0.3, -0.25) is 9.89 Å². The number of hydrogen-bond donors (Lipinski definition) is 2. The number of hydrogen-bond acceptors (Lipinski definition) is 5. The first-order valence-corrected chi connectivity index (χ1v) is 11.4. The van der Waals surface area contributed by atoms with E-state index in [4.69, 9.17) is 0 Å². The minimum absolute atomic E-state index is 0.0346. The van der Waals surface area contributed by atoms with E-state index in [1.807, 2.05) is 6.07 Å². The monoisotopic (exact) mass is 461 g/mol. The normalized spacial score (nSPS) is 15.6. The van der Waals surface area contributed by atoms with Crippen molar-refractivity contribution in [3.05, 3.63) is 59.9 Å². The molecule has 1 fully saturated rings. The van der Waals surface area contributed by atoms with Gasteiger partial charge in [-0.25, -0.2) is 22.2 Å². The van der Waals surface area contributed by atoms with Gasteiger partial charge < -0.3 is 5.32 Å². The highest BCUT2D eigenvalue weighted by Gasteiger charge is 2.33. The zero-order valence-electron chi connectivity index (χ0n) is 17.2. The number of amides is 1. The van der Waals surface area contributed by atoms with E-state index < -0.39 is 32.5 Å². The fraction of sp³-hybridized carbons (Fsp3) is 0.286. The molecule has 0 saturated carbocycles. The first kappa shape index (κ1) is 22.0. The average Bonchev–Trinajstić information content (AvgIpc) is 3.22. The van der Waals surface area contributed by atoms with Gasteiger partial charge in [0.15, 0.2) is 5.82 Å². The number of carbonyl (C=O) groups is 1. The van der Waals surface area contributed by atoms with Crippen LogP contribution in [0, 0.1) is 24.5 Å². The second kappa shape index (κ2) is 8.75. The van der Waals surface area contributed by atoms with Gasteiger partial charge in [-0.15, -0.1) is 0 Å². The molecule has 2 N–H and O–H groups in total. The van der Waals surface area contributed by atoms with Gasteiger partial charge in [0.05, 0.1) is 0 Å². The molecule has 1 aliphatic heterocycles. The molecule has 1 saturated heterocycles. The van der Waals surface area contributed by atoms with E-state index in [9.17, 15) is 22.0 Å². The van der Waals surface area contributed by atoms with Gasteiger partial charge in [0.25, 0.3) is 0 Å². The van der Waals surface area contributed by atoms with E-state index in [0.717, 1.165) is 22.0 Å². The number of nitrogens with zero attached hydrogens (tertiary/aromatic N) is 3. The number of carbonyl (C=O) groups excluding carboxylic acids is 1. The smallest absolute Gasteiger partial charge is 0.246 e. The second-order valence-electron chi connectivity index (χ2n) is 7.57. The Morgan fingerprint density at radius 1 is 1.16 bits per heavy atom. The Balaban J connectivity index is 1.40. The van der Waals surface area contributed by atoms with E-state index >= 15 is 0 Å². The minimum Gasteiger partial charge on any atom is -0.326 e. The largest absolute Gasteiger partial charge is 0.326 e. The zero-order valence-corrected chi connectivity index (χ0v) is 18.0. The van der Waals surface area contributed by atoms with E-state index in [1.165, 1.54) is 0 Å². The number of nitrogens with one attached hydrogen (secondary N) is 2. The maximum absolute atomic E-state index is 14.0. The van der Waals surface area contributed by atoms with Crippen LogP contribution in [0.2, 0.25) is 0 Å². The third kappa shape index (κ3) is 4.53. The van der Waals surface area contributed by atoms with Gasteiger partial charge >= 0.3 is 0 Å². The Hall–Kier alpha value is -3.18. The van der Waals surface area contributed by atoms with Crippen molar-refractivity contribution in [3.63, 3.8) is 0 Å². The van der Waals surface area contributed by atoms with Crippen LogP contribution in [0.3, 0.4) is 0 Å². The van der Waals surface area contributed by atoms with Crippen LogP contribution in [0.4, 0.5) is 14.5 Å². The number of rotatable bonds is 5. The van der Waals surface area contributed by atoms with Crippen LogP contribution in [0.5, 0.6) is 0 Å². The van der Waals surface area contributed by atoms with Crippen molar-refractivity contribution in [1.29, 1.82) is 0 Å². The molecule has 1 amide bonds. The van der Waals surface area contributed by atoms with Gasteiger partial charge in [-0.2, -0.15) is 9.40 Å². The summed E-state index contributed by atoms with van der Waals surface area (Å²) in [4.78, 5) is 16.3. The van der Waals surface area contributed by atoms with E-state index in [0.29, 0.717) is 23.4 Å². The first-order valence-electron chi connectivity index (χ1n) is 9.99. The number of anilines is 1. The predicted molar refractivity (Wildman–Crippen MR) is 113 cm³/mol. The van der Waals surface area contributed by atoms with Gasteiger partial charge in [0.2, 0.25) is 15.9 Å². The molecule has 0 aliphatic carbocycles. The Labute approximate surface area is 183 Å². The van der Waals surface area contributed by atoms with Crippen LogP contribution in [0.15, 0.2) is 47.4 Å². The van der Waals surface area contributed by atoms with Crippen molar-refractivity contribution in [2.24, 2.45) is 5.92 Å². The second-order valence-corrected chi connectivity index (χ2v) is 9.47. The number of sulfonamides is 1. The van der Waals surface area contributed by atoms with E-state index in [2.05, 4.69) is 20.5 Å².